The number of aliphatic hydroxyl groups is 1. The largest absolute Gasteiger partial charge is 0.497 e. The number of hydrogen-bond donors (Lipinski definition) is 2. The fourth-order valence-electron chi connectivity index (χ4n) is 4.13. The molecule has 0 amide bonds. The summed E-state index contributed by atoms with van der Waals surface area (Å²) in [4.78, 5) is 13.3. The Morgan fingerprint density at radius 2 is 1.90 bits per heavy atom. The number of nitrogens with one attached hydrogen (secondary N) is 1. The molecule has 0 saturated carbocycles. The maximum atomic E-state index is 9.74. The molecule has 0 unspecified atom stereocenters. The molecular formula is C21H25N5O5. The van der Waals surface area contributed by atoms with Crippen molar-refractivity contribution in [2.75, 3.05) is 19.0 Å². The van der Waals surface area contributed by atoms with Gasteiger partial charge in [-0.2, -0.15) is 0 Å². The fraction of sp³-hybridized carbons (Fsp3) is 0.476. The van der Waals surface area contributed by atoms with Gasteiger partial charge in [-0.15, -0.1) is 0 Å². The van der Waals surface area contributed by atoms with Crippen LogP contribution in [-0.4, -0.2) is 62.4 Å². The van der Waals surface area contributed by atoms with Crippen LogP contribution in [0.15, 0.2) is 36.9 Å². The summed E-state index contributed by atoms with van der Waals surface area (Å²) in [6, 6.07) is 7.81. The van der Waals surface area contributed by atoms with Crippen molar-refractivity contribution >= 4 is 17.0 Å². The van der Waals surface area contributed by atoms with E-state index in [1.54, 1.807) is 13.4 Å². The van der Waals surface area contributed by atoms with Crippen LogP contribution in [0.25, 0.3) is 11.2 Å². The van der Waals surface area contributed by atoms with E-state index in [0.29, 0.717) is 23.5 Å². The minimum absolute atomic E-state index is 0.159. The average molecular weight is 427 g/mol. The van der Waals surface area contributed by atoms with Crippen LogP contribution >= 0.6 is 0 Å². The quantitative estimate of drug-likeness (QED) is 0.608. The minimum atomic E-state index is -0.749. The van der Waals surface area contributed by atoms with Crippen molar-refractivity contribution in [2.24, 2.45) is 0 Å². The van der Waals surface area contributed by atoms with Crippen molar-refractivity contribution in [3.63, 3.8) is 0 Å². The zero-order chi connectivity index (χ0) is 21.6. The normalized spacial score (nSPS) is 26.8. The highest BCUT2D eigenvalue weighted by molar-refractivity contribution is 5.82. The van der Waals surface area contributed by atoms with Crippen LogP contribution in [0.1, 0.15) is 25.6 Å². The number of aliphatic hydroxyl groups excluding tert-OH is 1. The summed E-state index contributed by atoms with van der Waals surface area (Å²) in [5, 5.41) is 13.1. The summed E-state index contributed by atoms with van der Waals surface area (Å²) in [5.74, 6) is 0.683. The number of anilines is 1. The van der Waals surface area contributed by atoms with Crippen LogP contribution in [0, 0.1) is 0 Å². The summed E-state index contributed by atoms with van der Waals surface area (Å²) >= 11 is 0. The van der Waals surface area contributed by atoms with Crippen molar-refractivity contribution in [1.82, 2.24) is 19.5 Å². The van der Waals surface area contributed by atoms with E-state index in [1.165, 1.54) is 6.33 Å². The number of rotatable bonds is 6. The van der Waals surface area contributed by atoms with E-state index in [-0.39, 0.29) is 18.8 Å². The molecular weight excluding hydrogens is 402 g/mol. The topological polar surface area (TPSA) is 113 Å². The Balaban J connectivity index is 1.40. The van der Waals surface area contributed by atoms with Crippen molar-refractivity contribution in [2.45, 2.75) is 50.7 Å². The highest BCUT2D eigenvalue weighted by atomic mass is 16.8. The Bertz CT molecular complexity index is 1070. The molecule has 1 aromatic carbocycles. The summed E-state index contributed by atoms with van der Waals surface area (Å²) in [5.41, 5.74) is 2.32. The van der Waals surface area contributed by atoms with Crippen LogP contribution in [0.5, 0.6) is 5.75 Å². The second-order valence-corrected chi connectivity index (χ2v) is 8.06. The first-order valence-corrected chi connectivity index (χ1v) is 10.2. The highest BCUT2D eigenvalue weighted by Gasteiger charge is 2.55. The van der Waals surface area contributed by atoms with E-state index in [4.69, 9.17) is 18.9 Å². The standard InChI is InChI=1S/C21H25N5O5/c1-21(2)30-16-14(9-27)29-20(17(16)31-21)26-11-25-15-18(23-10-24-19(15)26)22-8-12-4-6-13(28-3)7-5-12/h4-7,10-11,14,16-17,20,27H,8-9H2,1-3H3,(H,22,23,24)/t14-,16+,17+,20-/m1/s1. The number of hydrogen-bond acceptors (Lipinski definition) is 9. The Morgan fingerprint density at radius 3 is 2.65 bits per heavy atom. The molecule has 10 heteroatoms. The Morgan fingerprint density at radius 1 is 1.13 bits per heavy atom. The molecule has 2 aliphatic rings. The summed E-state index contributed by atoms with van der Waals surface area (Å²) in [6.45, 7) is 4.12. The first-order valence-electron chi connectivity index (χ1n) is 10.2. The second-order valence-electron chi connectivity index (χ2n) is 8.06. The van der Waals surface area contributed by atoms with Gasteiger partial charge in [0.05, 0.1) is 20.0 Å². The van der Waals surface area contributed by atoms with E-state index >= 15 is 0 Å². The van der Waals surface area contributed by atoms with Gasteiger partial charge in [0.15, 0.2) is 29.0 Å². The molecule has 164 valence electrons. The van der Waals surface area contributed by atoms with Gasteiger partial charge in [0.1, 0.15) is 30.4 Å². The molecule has 0 bridgehead atoms. The SMILES string of the molecule is COc1ccc(CNc2ncnc3c2ncn3[C@@H]2O[C@H](CO)[C@@H]3OC(C)(C)O[C@@H]32)cc1. The number of nitrogens with zero attached hydrogens (tertiary/aromatic N) is 4. The van der Waals surface area contributed by atoms with E-state index in [1.807, 2.05) is 42.7 Å². The number of methoxy groups -OCH3 is 1. The lowest BCUT2D eigenvalue weighted by Crippen LogP contribution is -2.31. The third-order valence-corrected chi connectivity index (χ3v) is 5.56. The van der Waals surface area contributed by atoms with Crippen LogP contribution in [0.4, 0.5) is 5.82 Å². The van der Waals surface area contributed by atoms with Crippen molar-refractivity contribution < 1.29 is 24.1 Å². The molecule has 4 heterocycles. The van der Waals surface area contributed by atoms with E-state index in [0.717, 1.165) is 11.3 Å². The molecule has 4 atom stereocenters. The number of benzene rings is 1. The van der Waals surface area contributed by atoms with Gasteiger partial charge in [0.25, 0.3) is 0 Å². The van der Waals surface area contributed by atoms with Gasteiger partial charge in [0.2, 0.25) is 0 Å². The van der Waals surface area contributed by atoms with E-state index in [9.17, 15) is 5.11 Å². The number of ether oxygens (including phenoxy) is 4. The fourth-order valence-corrected chi connectivity index (χ4v) is 4.13. The Labute approximate surface area is 179 Å². The second kappa shape index (κ2) is 7.72. The molecule has 0 radical (unpaired) electrons. The summed E-state index contributed by atoms with van der Waals surface area (Å²) in [7, 11) is 1.64. The zero-order valence-corrected chi connectivity index (χ0v) is 17.6. The molecule has 2 saturated heterocycles. The smallest absolute Gasteiger partial charge is 0.167 e. The molecule has 5 rings (SSSR count). The van der Waals surface area contributed by atoms with Gasteiger partial charge in [-0.3, -0.25) is 4.57 Å². The molecule has 0 aliphatic carbocycles. The zero-order valence-electron chi connectivity index (χ0n) is 17.6. The molecule has 2 fully saturated rings. The average Bonchev–Trinajstić information content (AvgIpc) is 3.43. The summed E-state index contributed by atoms with van der Waals surface area (Å²) < 4.78 is 25.1. The van der Waals surface area contributed by atoms with Gasteiger partial charge in [-0.25, -0.2) is 15.0 Å². The third kappa shape index (κ3) is 3.61. The van der Waals surface area contributed by atoms with Gasteiger partial charge >= 0.3 is 0 Å². The minimum Gasteiger partial charge on any atom is -0.497 e. The number of imidazole rings is 1. The van der Waals surface area contributed by atoms with E-state index in [2.05, 4.69) is 20.3 Å². The Hall–Kier alpha value is -2.79. The third-order valence-electron chi connectivity index (χ3n) is 5.56. The first-order chi connectivity index (χ1) is 15.0. The molecule has 3 aromatic rings. The van der Waals surface area contributed by atoms with Crippen LogP contribution in [0.2, 0.25) is 0 Å². The highest BCUT2D eigenvalue weighted by Crippen LogP contribution is 2.43. The molecule has 2 N–H and O–H groups in total. The number of aromatic nitrogens is 4. The predicted octanol–water partition coefficient (Wildman–Crippen LogP) is 1.86. The number of fused-ring (bicyclic) bond motifs is 2. The molecule has 0 spiro atoms. The first kappa shape index (κ1) is 20.1. The van der Waals surface area contributed by atoms with Crippen molar-refractivity contribution in [3.8, 4) is 5.75 Å². The van der Waals surface area contributed by atoms with Crippen LogP contribution in [0.3, 0.4) is 0 Å². The van der Waals surface area contributed by atoms with Gasteiger partial charge in [0, 0.05) is 6.54 Å². The van der Waals surface area contributed by atoms with Crippen LogP contribution in [-0.2, 0) is 20.8 Å². The maximum absolute atomic E-state index is 9.74. The lowest BCUT2D eigenvalue weighted by molar-refractivity contribution is -0.199. The lowest BCUT2D eigenvalue weighted by Gasteiger charge is -2.24. The molecule has 2 aliphatic heterocycles. The van der Waals surface area contributed by atoms with Crippen LogP contribution < -0.4 is 10.1 Å². The van der Waals surface area contributed by atoms with Gasteiger partial charge < -0.3 is 29.4 Å². The van der Waals surface area contributed by atoms with Gasteiger partial charge in [-0.05, 0) is 31.5 Å². The van der Waals surface area contributed by atoms with E-state index < -0.39 is 18.1 Å². The molecule has 31 heavy (non-hydrogen) atoms. The molecule has 10 nitrogen and oxygen atoms in total. The Kier molecular flexibility index (Phi) is 5.01. The lowest BCUT2D eigenvalue weighted by atomic mass is 10.1. The van der Waals surface area contributed by atoms with Gasteiger partial charge in [-0.1, -0.05) is 12.1 Å². The molecule has 2 aromatic heterocycles. The maximum Gasteiger partial charge on any atom is 0.167 e. The van der Waals surface area contributed by atoms with Crippen molar-refractivity contribution in [1.29, 1.82) is 0 Å². The monoisotopic (exact) mass is 427 g/mol. The summed E-state index contributed by atoms with van der Waals surface area (Å²) in [6.07, 6.45) is 1.41. The predicted molar refractivity (Wildman–Crippen MR) is 110 cm³/mol. The van der Waals surface area contributed by atoms with Crippen molar-refractivity contribution in [3.05, 3.63) is 42.5 Å².